The van der Waals surface area contributed by atoms with E-state index in [1.54, 1.807) is 0 Å². The molecule has 1 fully saturated rings. The molecule has 1 aliphatic rings. The fourth-order valence-corrected chi connectivity index (χ4v) is 3.42. The Morgan fingerprint density at radius 2 is 1.94 bits per heavy atom. The van der Waals surface area contributed by atoms with Gasteiger partial charge in [0.25, 0.3) is 0 Å². The van der Waals surface area contributed by atoms with E-state index in [-0.39, 0.29) is 0 Å². The Hall–Kier alpha value is -0.820. The lowest BCUT2D eigenvalue weighted by Gasteiger charge is -2.33. The van der Waals surface area contributed by atoms with Crippen LogP contribution in [-0.2, 0) is 6.42 Å². The zero-order valence-corrected chi connectivity index (χ0v) is 12.1. The fraction of sp³-hybridized carbons (Fsp3) is 0.647. The van der Waals surface area contributed by atoms with Gasteiger partial charge in [0.2, 0.25) is 0 Å². The first-order valence-corrected chi connectivity index (χ1v) is 7.50. The van der Waals surface area contributed by atoms with Crippen molar-refractivity contribution in [1.29, 1.82) is 0 Å². The number of hydrogen-bond acceptors (Lipinski definition) is 1. The van der Waals surface area contributed by atoms with Gasteiger partial charge in [-0.3, -0.25) is 0 Å². The quantitative estimate of drug-likeness (QED) is 0.832. The molecule has 1 aromatic carbocycles. The summed E-state index contributed by atoms with van der Waals surface area (Å²) >= 11 is 0. The van der Waals surface area contributed by atoms with Crippen LogP contribution in [0.1, 0.15) is 56.7 Å². The van der Waals surface area contributed by atoms with Gasteiger partial charge in [0.1, 0.15) is 0 Å². The first kappa shape index (κ1) is 13.6. The molecule has 0 saturated heterocycles. The van der Waals surface area contributed by atoms with Crippen LogP contribution in [0.3, 0.4) is 0 Å². The summed E-state index contributed by atoms with van der Waals surface area (Å²) in [7, 11) is 2.11. The lowest BCUT2D eigenvalue weighted by atomic mass is 9.76. The van der Waals surface area contributed by atoms with E-state index in [1.807, 2.05) is 0 Å². The number of benzene rings is 1. The van der Waals surface area contributed by atoms with E-state index in [1.165, 1.54) is 36.8 Å². The number of aryl methyl sites for hydroxylation is 1. The predicted octanol–water partition coefficient (Wildman–Crippen LogP) is 4.34. The number of rotatable bonds is 4. The molecule has 0 radical (unpaired) electrons. The van der Waals surface area contributed by atoms with Gasteiger partial charge >= 0.3 is 0 Å². The first-order valence-electron chi connectivity index (χ1n) is 7.50. The van der Waals surface area contributed by atoms with Crippen LogP contribution in [0.5, 0.6) is 0 Å². The molecule has 1 heteroatoms. The monoisotopic (exact) mass is 245 g/mol. The summed E-state index contributed by atoms with van der Waals surface area (Å²) in [6.45, 7) is 4.62. The minimum Gasteiger partial charge on any atom is -0.313 e. The van der Waals surface area contributed by atoms with Crippen LogP contribution in [0.4, 0.5) is 0 Å². The smallest absolute Gasteiger partial charge is 0.0346 e. The minimum atomic E-state index is 0.540. The second-order valence-electron chi connectivity index (χ2n) is 5.89. The average molecular weight is 245 g/mol. The number of hydrogen-bond donors (Lipinski definition) is 1. The van der Waals surface area contributed by atoms with Crippen molar-refractivity contribution in [2.75, 3.05) is 7.05 Å². The summed E-state index contributed by atoms with van der Waals surface area (Å²) < 4.78 is 0. The molecule has 18 heavy (non-hydrogen) atoms. The Morgan fingerprint density at radius 3 is 2.50 bits per heavy atom. The molecule has 100 valence electrons. The maximum Gasteiger partial charge on any atom is 0.0346 e. The van der Waals surface area contributed by atoms with Crippen molar-refractivity contribution in [2.45, 2.75) is 52.0 Å². The zero-order valence-electron chi connectivity index (χ0n) is 12.1. The molecular weight excluding hydrogens is 218 g/mol. The van der Waals surface area contributed by atoms with Crippen LogP contribution in [0.15, 0.2) is 24.3 Å². The van der Waals surface area contributed by atoms with E-state index in [4.69, 9.17) is 0 Å². The Balaban J connectivity index is 2.11. The van der Waals surface area contributed by atoms with Crippen LogP contribution >= 0.6 is 0 Å². The molecule has 3 unspecified atom stereocenters. The standard InChI is InChI=1S/C17H27N/c1-4-14-8-10-15(11-9-14)17(18-3)16-7-5-6-13(2)12-16/h8-11,13,16-18H,4-7,12H2,1-3H3. The van der Waals surface area contributed by atoms with Crippen molar-refractivity contribution >= 4 is 0 Å². The SMILES string of the molecule is CCc1ccc(C(NC)C2CCCC(C)C2)cc1. The predicted molar refractivity (Wildman–Crippen MR) is 78.7 cm³/mol. The summed E-state index contributed by atoms with van der Waals surface area (Å²) in [6.07, 6.45) is 6.70. The molecular formula is C17H27N. The molecule has 1 N–H and O–H groups in total. The highest BCUT2D eigenvalue weighted by Crippen LogP contribution is 2.36. The van der Waals surface area contributed by atoms with E-state index < -0.39 is 0 Å². The molecule has 0 aliphatic heterocycles. The fourth-order valence-electron chi connectivity index (χ4n) is 3.42. The Morgan fingerprint density at radius 1 is 1.22 bits per heavy atom. The van der Waals surface area contributed by atoms with Crippen molar-refractivity contribution in [3.8, 4) is 0 Å². The van der Waals surface area contributed by atoms with Crippen LogP contribution in [0.25, 0.3) is 0 Å². The highest BCUT2D eigenvalue weighted by molar-refractivity contribution is 5.25. The van der Waals surface area contributed by atoms with E-state index >= 15 is 0 Å². The third-order valence-electron chi connectivity index (χ3n) is 4.51. The molecule has 1 nitrogen and oxygen atoms in total. The van der Waals surface area contributed by atoms with Gasteiger partial charge < -0.3 is 5.32 Å². The molecule has 0 aromatic heterocycles. The van der Waals surface area contributed by atoms with Crippen molar-refractivity contribution < 1.29 is 0 Å². The van der Waals surface area contributed by atoms with E-state index in [0.717, 1.165) is 18.3 Å². The summed E-state index contributed by atoms with van der Waals surface area (Å²) in [5, 5.41) is 3.55. The summed E-state index contributed by atoms with van der Waals surface area (Å²) in [5.74, 6) is 1.71. The number of nitrogens with one attached hydrogen (secondary N) is 1. The zero-order chi connectivity index (χ0) is 13.0. The third-order valence-corrected chi connectivity index (χ3v) is 4.51. The van der Waals surface area contributed by atoms with Crippen LogP contribution in [0, 0.1) is 11.8 Å². The van der Waals surface area contributed by atoms with Crippen molar-refractivity contribution in [3.05, 3.63) is 35.4 Å². The van der Waals surface area contributed by atoms with Crippen molar-refractivity contribution in [2.24, 2.45) is 11.8 Å². The summed E-state index contributed by atoms with van der Waals surface area (Å²) in [5.41, 5.74) is 2.90. The Bertz CT molecular complexity index is 354. The summed E-state index contributed by atoms with van der Waals surface area (Å²) in [6, 6.07) is 9.75. The van der Waals surface area contributed by atoms with Gasteiger partial charge in [0, 0.05) is 6.04 Å². The van der Waals surface area contributed by atoms with E-state index in [2.05, 4.69) is 50.5 Å². The van der Waals surface area contributed by atoms with Gasteiger partial charge in [-0.15, -0.1) is 0 Å². The maximum absolute atomic E-state index is 3.55. The second-order valence-corrected chi connectivity index (χ2v) is 5.89. The van der Waals surface area contributed by atoms with Gasteiger partial charge in [0.15, 0.2) is 0 Å². The normalized spacial score (nSPS) is 25.9. The lowest BCUT2D eigenvalue weighted by molar-refractivity contribution is 0.230. The summed E-state index contributed by atoms with van der Waals surface area (Å²) in [4.78, 5) is 0. The molecule has 1 aliphatic carbocycles. The topological polar surface area (TPSA) is 12.0 Å². The van der Waals surface area contributed by atoms with Gasteiger partial charge in [-0.2, -0.15) is 0 Å². The van der Waals surface area contributed by atoms with Crippen LogP contribution in [-0.4, -0.2) is 7.05 Å². The van der Waals surface area contributed by atoms with Crippen molar-refractivity contribution in [1.82, 2.24) is 5.32 Å². The Labute approximate surface area is 112 Å². The second kappa shape index (κ2) is 6.38. The first-order chi connectivity index (χ1) is 8.74. The molecule has 2 rings (SSSR count). The average Bonchev–Trinajstić information content (AvgIpc) is 2.40. The van der Waals surface area contributed by atoms with Gasteiger partial charge in [-0.1, -0.05) is 51.0 Å². The van der Waals surface area contributed by atoms with Gasteiger partial charge in [-0.05, 0) is 49.3 Å². The molecule has 0 amide bonds. The molecule has 0 bridgehead atoms. The van der Waals surface area contributed by atoms with E-state index in [9.17, 15) is 0 Å². The third kappa shape index (κ3) is 3.14. The van der Waals surface area contributed by atoms with Gasteiger partial charge in [-0.25, -0.2) is 0 Å². The molecule has 0 spiro atoms. The molecule has 3 atom stereocenters. The van der Waals surface area contributed by atoms with Crippen LogP contribution in [0.2, 0.25) is 0 Å². The molecule has 0 heterocycles. The van der Waals surface area contributed by atoms with Crippen molar-refractivity contribution in [3.63, 3.8) is 0 Å². The highest BCUT2D eigenvalue weighted by atomic mass is 14.9. The minimum absolute atomic E-state index is 0.540. The lowest BCUT2D eigenvalue weighted by Crippen LogP contribution is -2.28. The van der Waals surface area contributed by atoms with Crippen LogP contribution < -0.4 is 5.32 Å². The highest BCUT2D eigenvalue weighted by Gasteiger charge is 2.26. The molecule has 1 aromatic rings. The largest absolute Gasteiger partial charge is 0.313 e. The maximum atomic E-state index is 3.55. The van der Waals surface area contributed by atoms with E-state index in [0.29, 0.717) is 6.04 Å². The molecule has 1 saturated carbocycles. The van der Waals surface area contributed by atoms with Gasteiger partial charge in [0.05, 0.1) is 0 Å². The Kier molecular flexibility index (Phi) is 4.82.